The van der Waals surface area contributed by atoms with Crippen LogP contribution >= 0.6 is 11.6 Å². The van der Waals surface area contributed by atoms with Crippen LogP contribution in [-0.2, 0) is 86.3 Å². The summed E-state index contributed by atoms with van der Waals surface area (Å²) in [6, 6.07) is 7.47. The Kier molecular flexibility index (Phi) is 30.7. The first-order chi connectivity index (χ1) is 47.8. The number of para-hydroxylation sites is 1. The second kappa shape index (κ2) is 38.0. The average molecular weight is 1440 g/mol. The maximum atomic E-state index is 14.6. The Morgan fingerprint density at radius 1 is 0.891 bits per heavy atom. The van der Waals surface area contributed by atoms with Crippen molar-refractivity contribution in [1.82, 2.24) is 51.8 Å². The van der Waals surface area contributed by atoms with E-state index in [0.717, 1.165) is 32.6 Å². The molecule has 32 heteroatoms. The number of fused-ring (bicyclic) bond motifs is 6. The number of hydrogen-bond acceptors (Lipinski definition) is 20. The van der Waals surface area contributed by atoms with Gasteiger partial charge in [-0.2, -0.15) is 0 Å². The molecule has 9 amide bonds. The first kappa shape index (κ1) is 81.5. The Morgan fingerprint density at radius 2 is 1.59 bits per heavy atom. The minimum atomic E-state index is -1.95. The highest BCUT2D eigenvalue weighted by molar-refractivity contribution is 6.35. The van der Waals surface area contributed by atoms with Gasteiger partial charge in [-0.1, -0.05) is 74.4 Å². The number of likely N-dealkylation sites (N-methyl/N-ethyl adjacent to an activating group) is 1. The normalized spacial score (nSPS) is 22.8. The molecule has 4 bridgehead atoms. The van der Waals surface area contributed by atoms with Crippen LogP contribution in [0.2, 0.25) is 5.02 Å². The fourth-order valence-corrected chi connectivity index (χ4v) is 12.4. The number of halogens is 1. The van der Waals surface area contributed by atoms with Crippen molar-refractivity contribution in [2.24, 2.45) is 17.6 Å². The molecule has 0 saturated carbocycles. The number of nitrogens with zero attached hydrogens (tertiary/aromatic N) is 4. The number of benzene rings is 2. The number of carboxylic acid groups (broad SMARTS) is 1. The van der Waals surface area contributed by atoms with Crippen LogP contribution in [0.5, 0.6) is 5.75 Å². The third-order valence-corrected chi connectivity index (χ3v) is 18.6. The fraction of sp³-hybridized carbons (Fsp3) is 0.594. The molecule has 0 unspecified atom stereocenters. The number of aryl methyl sites for hydroxylation is 1. The van der Waals surface area contributed by atoms with Crippen LogP contribution in [0.1, 0.15) is 104 Å². The Bertz CT molecular complexity index is 3480. The lowest BCUT2D eigenvalue weighted by atomic mass is 9.83. The van der Waals surface area contributed by atoms with Crippen LogP contribution in [0.4, 0.5) is 15.3 Å². The molecule has 2 aromatic carbocycles. The summed E-state index contributed by atoms with van der Waals surface area (Å²) in [5, 5.41) is 40.2. The number of ether oxygens (including phenoxy) is 7. The molecule has 3 aromatic rings. The fourth-order valence-electron chi connectivity index (χ4n) is 12.1. The van der Waals surface area contributed by atoms with E-state index < -0.39 is 138 Å². The van der Waals surface area contributed by atoms with E-state index in [9.17, 15) is 58.2 Å². The summed E-state index contributed by atoms with van der Waals surface area (Å²) < 4.78 is 42.9. The van der Waals surface area contributed by atoms with E-state index >= 15 is 0 Å². The number of hydrogen-bond donors (Lipinski definition) is 10. The van der Waals surface area contributed by atoms with Gasteiger partial charge in [0.15, 0.2) is 5.72 Å². The number of urea groups is 1. The summed E-state index contributed by atoms with van der Waals surface area (Å²) in [4.78, 5) is 137. The number of aliphatic carboxylic acids is 1. The number of anilines is 1. The first-order valence-electron chi connectivity index (χ1n) is 33.7. The molecule has 0 radical (unpaired) electrons. The number of alkyl carbamates (subject to hydrolysis) is 1. The number of rotatable bonds is 34. The lowest BCUT2D eigenvalue weighted by molar-refractivity contribution is -0.162. The van der Waals surface area contributed by atoms with E-state index in [-0.39, 0.29) is 101 Å². The molecule has 2 saturated heterocycles. The molecule has 31 nitrogen and oxygen atoms in total. The van der Waals surface area contributed by atoms with Crippen LogP contribution in [-0.4, -0.2) is 226 Å². The number of nitrogens with one attached hydrogen (secondary N) is 7. The molecule has 11 atom stereocenters. The van der Waals surface area contributed by atoms with Crippen molar-refractivity contribution in [3.63, 3.8) is 0 Å². The maximum Gasteiger partial charge on any atom is 0.409 e. The van der Waals surface area contributed by atoms with Gasteiger partial charge in [0.25, 0.3) is 0 Å². The van der Waals surface area contributed by atoms with E-state index in [1.165, 1.54) is 40.1 Å². The van der Waals surface area contributed by atoms with Gasteiger partial charge in [-0.15, -0.1) is 0 Å². The minimum Gasteiger partial charge on any atom is -0.495 e. The van der Waals surface area contributed by atoms with Crippen molar-refractivity contribution >= 4 is 87.7 Å². The van der Waals surface area contributed by atoms with Gasteiger partial charge < -0.3 is 90.1 Å². The number of aromatic nitrogens is 1. The van der Waals surface area contributed by atoms with E-state index in [2.05, 4.69) is 43.4 Å². The number of carbonyl (C=O) groups excluding carboxylic acids is 9. The molecule has 558 valence electrons. The van der Waals surface area contributed by atoms with Crippen LogP contribution < -0.4 is 52.7 Å². The molecule has 0 aliphatic carbocycles. The molecular formula is C69H101ClN12O19. The van der Waals surface area contributed by atoms with Crippen molar-refractivity contribution in [3.05, 3.63) is 82.5 Å². The average Bonchev–Trinajstić information content (AvgIpc) is 1.57. The number of esters is 1. The summed E-state index contributed by atoms with van der Waals surface area (Å²) in [6.07, 6.45) is -0.935. The smallest absolute Gasteiger partial charge is 0.409 e. The predicted molar refractivity (Wildman–Crippen MR) is 372 cm³/mol. The summed E-state index contributed by atoms with van der Waals surface area (Å²) in [5.41, 5.74) is 8.79. The molecule has 101 heavy (non-hydrogen) atoms. The highest BCUT2D eigenvalue weighted by Crippen LogP contribution is 2.49. The number of carboxylic acids is 1. The number of primary amides is 1. The van der Waals surface area contributed by atoms with Gasteiger partial charge in [0.2, 0.25) is 35.4 Å². The highest BCUT2D eigenvalue weighted by Gasteiger charge is 2.64. The topological polar surface area (TPSA) is 404 Å². The SMILES string of the molecule is CNN(C)Cc1cc2ccccc2n1CCC(=O)N[C@@H](CCC(=O)O)C(=O)NCCOCCOCCC(=O)N[C@H](C(=O)N[C@@H](CCCNC(N)=O)C(=O)N(C)[C@@H](C)C(=O)O[C@H]1CC(=O)N(C)c2cc(cc(OC)c2Cl)C/C(C)=C/C=C/[C@@H](OC)[C@@]2(O)C[C@H](OC(=O)N2)[C@@H](C)[C@@H]2O[C@]12C)C(C)C. The highest BCUT2D eigenvalue weighted by atomic mass is 35.5. The Balaban J connectivity index is 1.04. The lowest BCUT2D eigenvalue weighted by Gasteiger charge is -2.42. The van der Waals surface area contributed by atoms with Gasteiger partial charge in [0.05, 0.1) is 58.3 Å². The molecule has 3 aliphatic heterocycles. The van der Waals surface area contributed by atoms with Crippen molar-refractivity contribution in [1.29, 1.82) is 0 Å². The van der Waals surface area contributed by atoms with Gasteiger partial charge in [-0.25, -0.2) is 19.4 Å². The standard InChI is InChI=1S/C69H101ClN12O19/c1-40(2)60(77-56(84)25-29-97-31-32-98-30-27-73-62(88)47(22-23-58(86)87)75-55(83)24-28-82-46(39-79(8)72-7)36-45-18-13-14-20-49(45)82)63(89)76-48(19-16-26-74-66(71)92)64(90)80(9)43(5)65(91)100-54-37-57(85)81(10)50-34-44(35-51(95-11)59(50)70)33-41(3)17-15-21-53(96-12)69(94)38-52(99-67(93)78-69)42(4)61-68(54,6)101-61/h13-15,17-18,20-21,34-36,40,42-43,47-48,52-54,60-61,72,94H,16,19,22-33,37-39H2,1-12H3,(H,73,88)(H,75,83)(H,76,89)(H,77,84)(H,78,93)(H,86,87)(H3,71,74,92)/b21-15+,41-17+/t42-,43+,47+,48+,52+,53-,54+,60+,61+,68-,69+/m1/s1. The third kappa shape index (κ3) is 23.0. The number of amides is 9. The van der Waals surface area contributed by atoms with E-state index in [1.807, 2.05) is 53.9 Å². The Hall–Kier alpha value is -8.43. The predicted octanol–water partition coefficient (Wildman–Crippen LogP) is 3.09. The number of aliphatic hydroxyl groups is 1. The molecular weight excluding hydrogens is 1340 g/mol. The van der Waals surface area contributed by atoms with Gasteiger partial charge in [-0.05, 0) is 94.6 Å². The monoisotopic (exact) mass is 1440 g/mol. The van der Waals surface area contributed by atoms with Gasteiger partial charge in [-0.3, -0.25) is 44.3 Å². The number of nitrogens with two attached hydrogens (primary N) is 1. The summed E-state index contributed by atoms with van der Waals surface area (Å²) >= 11 is 6.87. The lowest BCUT2D eigenvalue weighted by Crippen LogP contribution is -2.63. The molecule has 1 aromatic heterocycles. The van der Waals surface area contributed by atoms with Gasteiger partial charge >= 0.3 is 24.1 Å². The zero-order valence-electron chi connectivity index (χ0n) is 59.6. The zero-order chi connectivity index (χ0) is 74.5. The number of carbonyl (C=O) groups is 10. The number of methoxy groups -OCH3 is 2. The minimum absolute atomic E-state index is 0.00705. The van der Waals surface area contributed by atoms with Crippen molar-refractivity contribution < 1.29 is 91.3 Å². The van der Waals surface area contributed by atoms with Crippen LogP contribution in [0.25, 0.3) is 10.9 Å². The third-order valence-electron chi connectivity index (χ3n) is 18.3. The molecule has 11 N–H and O–H groups in total. The zero-order valence-corrected chi connectivity index (χ0v) is 60.4. The number of allylic oxidation sites excluding steroid dienone is 3. The van der Waals surface area contributed by atoms with Crippen molar-refractivity contribution in [2.45, 2.75) is 172 Å². The summed E-state index contributed by atoms with van der Waals surface area (Å²) in [5.74, 6) is -6.66. The van der Waals surface area contributed by atoms with E-state index in [1.54, 1.807) is 59.0 Å². The maximum absolute atomic E-state index is 14.6. The molecule has 0 spiro atoms. The second-order valence-corrected chi connectivity index (χ2v) is 26.5. The van der Waals surface area contributed by atoms with Crippen LogP contribution in [0.15, 0.2) is 66.3 Å². The van der Waals surface area contributed by atoms with Gasteiger partial charge in [0, 0.05) is 90.7 Å². The van der Waals surface area contributed by atoms with Crippen molar-refractivity contribution in [3.8, 4) is 5.75 Å². The molecule has 2 fully saturated rings. The molecule has 6 rings (SSSR count). The van der Waals surface area contributed by atoms with E-state index in [0.29, 0.717) is 19.5 Å². The Morgan fingerprint density at radius 3 is 2.27 bits per heavy atom. The first-order valence-corrected chi connectivity index (χ1v) is 34.1. The second-order valence-electron chi connectivity index (χ2n) is 26.1. The Labute approximate surface area is 593 Å². The van der Waals surface area contributed by atoms with Gasteiger partial charge in [0.1, 0.15) is 58.9 Å². The molecule has 4 heterocycles. The van der Waals surface area contributed by atoms with Crippen LogP contribution in [0.3, 0.4) is 0 Å². The summed E-state index contributed by atoms with van der Waals surface area (Å²) in [6.45, 7) is 11.0. The molecule has 3 aliphatic rings. The summed E-state index contributed by atoms with van der Waals surface area (Å²) in [7, 11) is 9.35. The largest absolute Gasteiger partial charge is 0.495 e. The van der Waals surface area contributed by atoms with Crippen LogP contribution in [0, 0.1) is 11.8 Å². The number of hydrazine groups is 1. The number of epoxide rings is 1. The quantitative estimate of drug-likeness (QED) is 0.0178. The van der Waals surface area contributed by atoms with Crippen molar-refractivity contribution in [2.75, 3.05) is 86.8 Å². The van der Waals surface area contributed by atoms with E-state index in [4.69, 9.17) is 50.5 Å².